The van der Waals surface area contributed by atoms with Crippen LogP contribution in [0.3, 0.4) is 0 Å². The van der Waals surface area contributed by atoms with Crippen LogP contribution < -0.4 is 5.73 Å². The number of halogens is 3. The normalized spacial score (nSPS) is 13.2. The molecule has 0 aliphatic heterocycles. The first-order chi connectivity index (χ1) is 9.58. The zero-order valence-electron chi connectivity index (χ0n) is 11.2. The quantitative estimate of drug-likeness (QED) is 0.632. The number of nitrogens with two attached hydrogens (primary N) is 1. The molecule has 1 unspecified atom stereocenters. The van der Waals surface area contributed by atoms with Gasteiger partial charge in [0.15, 0.2) is 0 Å². The molecule has 118 valence electrons. The average Bonchev–Trinajstić information content (AvgIpc) is 2.74. The van der Waals surface area contributed by atoms with Crippen molar-refractivity contribution in [2.24, 2.45) is 5.73 Å². The fourth-order valence-electron chi connectivity index (χ4n) is 1.68. The van der Waals surface area contributed by atoms with Gasteiger partial charge in [-0.3, -0.25) is 14.9 Å². The molecule has 8 nitrogen and oxygen atoms in total. The number of carbonyl (C=O) groups is 1. The van der Waals surface area contributed by atoms with E-state index in [0.29, 0.717) is 4.68 Å². The van der Waals surface area contributed by atoms with E-state index in [9.17, 15) is 28.1 Å². The Balaban J connectivity index is 3.23. The van der Waals surface area contributed by atoms with Crippen LogP contribution in [0.4, 0.5) is 18.9 Å². The highest BCUT2D eigenvalue weighted by atomic mass is 19.4. The largest absolute Gasteiger partial charge is 0.411 e. The lowest BCUT2D eigenvalue weighted by Crippen LogP contribution is -2.25. The van der Waals surface area contributed by atoms with Crippen LogP contribution in [0.15, 0.2) is 0 Å². The van der Waals surface area contributed by atoms with Gasteiger partial charge < -0.3 is 10.5 Å². The third-order valence-electron chi connectivity index (χ3n) is 2.54. The van der Waals surface area contributed by atoms with Crippen molar-refractivity contribution in [3.8, 4) is 0 Å². The smallest absolute Gasteiger partial charge is 0.364 e. The van der Waals surface area contributed by atoms with Crippen molar-refractivity contribution in [1.29, 1.82) is 0 Å². The molecule has 1 amide bonds. The second-order valence-electron chi connectivity index (χ2n) is 4.09. The Kier molecular flexibility index (Phi) is 4.88. The SMILES string of the molecule is CCc1nn(C(C)OCC(F)(F)F)c(C(N)=O)c1[N+](=O)[O-]. The van der Waals surface area contributed by atoms with E-state index in [1.165, 1.54) is 6.92 Å². The number of alkyl halides is 3. The van der Waals surface area contributed by atoms with Crippen molar-refractivity contribution < 1.29 is 27.6 Å². The topological polar surface area (TPSA) is 113 Å². The van der Waals surface area contributed by atoms with Gasteiger partial charge in [0.25, 0.3) is 5.91 Å². The maximum absolute atomic E-state index is 12.1. The second kappa shape index (κ2) is 6.08. The number of ether oxygens (including phenoxy) is 1. The summed E-state index contributed by atoms with van der Waals surface area (Å²) in [5.41, 5.74) is 3.79. The number of carbonyl (C=O) groups excluding carboxylic acids is 1. The van der Waals surface area contributed by atoms with Crippen molar-refractivity contribution in [1.82, 2.24) is 9.78 Å². The summed E-state index contributed by atoms with van der Waals surface area (Å²) >= 11 is 0. The average molecular weight is 310 g/mol. The Morgan fingerprint density at radius 3 is 2.52 bits per heavy atom. The molecule has 11 heteroatoms. The summed E-state index contributed by atoms with van der Waals surface area (Å²) in [6.45, 7) is 1.14. The number of amides is 1. The molecule has 1 aromatic rings. The zero-order valence-corrected chi connectivity index (χ0v) is 11.2. The molecule has 0 aliphatic rings. The van der Waals surface area contributed by atoms with Gasteiger partial charge in [-0.25, -0.2) is 4.68 Å². The number of nitro groups is 1. The van der Waals surface area contributed by atoms with E-state index >= 15 is 0 Å². The van der Waals surface area contributed by atoms with Gasteiger partial charge >= 0.3 is 11.9 Å². The molecule has 21 heavy (non-hydrogen) atoms. The number of hydrogen-bond acceptors (Lipinski definition) is 5. The van der Waals surface area contributed by atoms with E-state index in [0.717, 1.165) is 0 Å². The molecular weight excluding hydrogens is 297 g/mol. The molecule has 1 rings (SSSR count). The molecule has 1 atom stereocenters. The molecule has 0 saturated carbocycles. The minimum absolute atomic E-state index is 0.0590. The Bertz CT molecular complexity index is 555. The highest BCUT2D eigenvalue weighted by Crippen LogP contribution is 2.27. The highest BCUT2D eigenvalue weighted by molar-refractivity contribution is 5.95. The number of aromatic nitrogens is 2. The monoisotopic (exact) mass is 310 g/mol. The Morgan fingerprint density at radius 2 is 2.14 bits per heavy atom. The summed E-state index contributed by atoms with van der Waals surface area (Å²) in [5, 5.41) is 14.7. The third-order valence-corrected chi connectivity index (χ3v) is 2.54. The first-order valence-electron chi connectivity index (χ1n) is 5.82. The first-order valence-corrected chi connectivity index (χ1v) is 5.82. The van der Waals surface area contributed by atoms with Crippen molar-refractivity contribution in [2.75, 3.05) is 6.61 Å². The second-order valence-corrected chi connectivity index (χ2v) is 4.09. The van der Waals surface area contributed by atoms with Crippen molar-refractivity contribution >= 4 is 11.6 Å². The number of primary amides is 1. The lowest BCUT2D eigenvalue weighted by Gasteiger charge is -2.16. The van der Waals surface area contributed by atoms with Crippen LogP contribution >= 0.6 is 0 Å². The third kappa shape index (κ3) is 3.90. The molecule has 2 N–H and O–H groups in total. The molecule has 1 aromatic heterocycles. The molecule has 0 aliphatic carbocycles. The standard InChI is InChI=1S/C10H13F3N4O4/c1-3-6-7(17(19)20)8(9(14)18)16(15-6)5(2)21-4-10(11,12)13/h5H,3-4H2,1-2H3,(H2,14,18). The molecule has 1 heterocycles. The fraction of sp³-hybridized carbons (Fsp3) is 0.600. The van der Waals surface area contributed by atoms with Gasteiger partial charge in [0.05, 0.1) is 4.92 Å². The summed E-state index contributed by atoms with van der Waals surface area (Å²) in [6, 6.07) is 0. The predicted molar refractivity (Wildman–Crippen MR) is 63.5 cm³/mol. The van der Waals surface area contributed by atoms with E-state index in [4.69, 9.17) is 5.73 Å². The van der Waals surface area contributed by atoms with E-state index in [2.05, 4.69) is 9.84 Å². The summed E-state index contributed by atoms with van der Waals surface area (Å²) in [5.74, 6) is -1.17. The highest BCUT2D eigenvalue weighted by Gasteiger charge is 2.34. The van der Waals surface area contributed by atoms with Crippen LogP contribution in [0.5, 0.6) is 0 Å². The summed E-state index contributed by atoms with van der Waals surface area (Å²) in [6.07, 6.45) is -5.81. The van der Waals surface area contributed by atoms with Gasteiger partial charge in [-0.05, 0) is 13.3 Å². The fourth-order valence-corrected chi connectivity index (χ4v) is 1.68. The van der Waals surface area contributed by atoms with Crippen molar-refractivity contribution in [2.45, 2.75) is 32.7 Å². The van der Waals surface area contributed by atoms with E-state index < -0.39 is 41.2 Å². The number of nitrogens with zero attached hydrogens (tertiary/aromatic N) is 3. The lowest BCUT2D eigenvalue weighted by atomic mass is 10.2. The minimum Gasteiger partial charge on any atom is -0.364 e. The number of rotatable bonds is 6. The molecule has 0 aromatic carbocycles. The van der Waals surface area contributed by atoms with Gasteiger partial charge in [0.1, 0.15) is 18.5 Å². The Morgan fingerprint density at radius 1 is 1.57 bits per heavy atom. The molecule has 0 spiro atoms. The van der Waals surface area contributed by atoms with Gasteiger partial charge in [0.2, 0.25) is 5.69 Å². The molecule has 0 saturated heterocycles. The summed E-state index contributed by atoms with van der Waals surface area (Å²) < 4.78 is 41.6. The van der Waals surface area contributed by atoms with Crippen LogP contribution in [0.1, 0.15) is 36.3 Å². The van der Waals surface area contributed by atoms with Crippen LogP contribution in [-0.2, 0) is 11.2 Å². The van der Waals surface area contributed by atoms with E-state index in [1.807, 2.05) is 0 Å². The minimum atomic E-state index is -4.58. The Hall–Kier alpha value is -2.17. The van der Waals surface area contributed by atoms with Gasteiger partial charge in [-0.15, -0.1) is 0 Å². The lowest BCUT2D eigenvalue weighted by molar-refractivity contribution is -0.385. The van der Waals surface area contributed by atoms with E-state index in [1.54, 1.807) is 6.92 Å². The zero-order chi connectivity index (χ0) is 16.4. The molecule has 0 bridgehead atoms. The summed E-state index contributed by atoms with van der Waals surface area (Å²) in [7, 11) is 0. The summed E-state index contributed by atoms with van der Waals surface area (Å²) in [4.78, 5) is 21.5. The van der Waals surface area contributed by atoms with Gasteiger partial charge in [-0.1, -0.05) is 6.92 Å². The molecular formula is C10H13F3N4O4. The van der Waals surface area contributed by atoms with Crippen molar-refractivity contribution in [3.63, 3.8) is 0 Å². The van der Waals surface area contributed by atoms with Gasteiger partial charge in [0, 0.05) is 0 Å². The molecule has 0 fully saturated rings. The maximum atomic E-state index is 12.1. The maximum Gasteiger partial charge on any atom is 0.411 e. The van der Waals surface area contributed by atoms with Crippen LogP contribution in [-0.4, -0.2) is 33.4 Å². The van der Waals surface area contributed by atoms with Crippen LogP contribution in [0, 0.1) is 10.1 Å². The molecule has 0 radical (unpaired) electrons. The van der Waals surface area contributed by atoms with Crippen LogP contribution in [0.25, 0.3) is 0 Å². The van der Waals surface area contributed by atoms with E-state index in [-0.39, 0.29) is 12.1 Å². The van der Waals surface area contributed by atoms with Crippen LogP contribution in [0.2, 0.25) is 0 Å². The van der Waals surface area contributed by atoms with Gasteiger partial charge in [-0.2, -0.15) is 18.3 Å². The number of aryl methyl sites for hydroxylation is 1. The number of hydrogen-bond donors (Lipinski definition) is 1. The van der Waals surface area contributed by atoms with Crippen molar-refractivity contribution in [3.05, 3.63) is 21.5 Å². The Labute approximate surface area is 116 Å². The first kappa shape index (κ1) is 16.9. The predicted octanol–water partition coefficient (Wildman–Crippen LogP) is 1.55.